The molecule has 0 aliphatic carbocycles. The predicted molar refractivity (Wildman–Crippen MR) is 85.6 cm³/mol. The summed E-state index contributed by atoms with van der Waals surface area (Å²) < 4.78 is 15.9. The van der Waals surface area contributed by atoms with E-state index in [2.05, 4.69) is 11.9 Å². The zero-order valence-electron chi connectivity index (χ0n) is 12.8. The molecule has 0 saturated heterocycles. The largest absolute Gasteiger partial charge is 0.493 e. The van der Waals surface area contributed by atoms with E-state index in [1.54, 1.807) is 32.2 Å². The summed E-state index contributed by atoms with van der Waals surface area (Å²) >= 11 is 6.26. The van der Waals surface area contributed by atoms with Gasteiger partial charge in [0.05, 0.1) is 18.7 Å². The Balaban J connectivity index is 2.30. The highest BCUT2D eigenvalue weighted by Crippen LogP contribution is 2.37. The Bertz CT molecular complexity index is 637. The molecule has 0 bridgehead atoms. The van der Waals surface area contributed by atoms with Crippen LogP contribution in [0.1, 0.15) is 32.3 Å². The molecule has 6 heteroatoms. The molecule has 1 heterocycles. The topological polar surface area (TPSA) is 57.1 Å². The van der Waals surface area contributed by atoms with Gasteiger partial charge in [-0.15, -0.1) is 0 Å². The Morgan fingerprint density at radius 2 is 2.18 bits per heavy atom. The fraction of sp³-hybridized carbons (Fsp3) is 0.375. The van der Waals surface area contributed by atoms with Crippen molar-refractivity contribution in [1.82, 2.24) is 0 Å². The monoisotopic (exact) mass is 323 g/mol. The molecule has 1 aromatic rings. The maximum absolute atomic E-state index is 11.6. The standard InChI is InChI=1S/C16H18ClNO4/c1-4-5-6-21-15-12(17)7-11(9-14(15)20-3)8-13-16(19)22-10(2)18-13/h7-9H,4-6H2,1-3H3/b13-8+. The molecule has 0 radical (unpaired) electrons. The van der Waals surface area contributed by atoms with Crippen LogP contribution in [0.4, 0.5) is 0 Å². The first-order chi connectivity index (χ1) is 10.5. The van der Waals surface area contributed by atoms with Crippen molar-refractivity contribution in [2.75, 3.05) is 13.7 Å². The zero-order valence-corrected chi connectivity index (χ0v) is 13.6. The number of ether oxygens (including phenoxy) is 3. The minimum absolute atomic E-state index is 0.232. The number of nitrogens with zero attached hydrogens (tertiary/aromatic N) is 1. The van der Waals surface area contributed by atoms with Gasteiger partial charge in [-0.3, -0.25) is 0 Å². The summed E-state index contributed by atoms with van der Waals surface area (Å²) in [6.45, 7) is 4.28. The summed E-state index contributed by atoms with van der Waals surface area (Å²) in [6.07, 6.45) is 3.57. The molecule has 0 amide bonds. The smallest absolute Gasteiger partial charge is 0.363 e. The SMILES string of the molecule is CCCCOc1c(Cl)cc(/C=C2/N=C(C)OC2=O)cc1OC. The average Bonchev–Trinajstić information content (AvgIpc) is 2.78. The number of aliphatic imine (C=N–C) groups is 1. The fourth-order valence-electron chi connectivity index (χ4n) is 1.96. The van der Waals surface area contributed by atoms with Crippen LogP contribution in [0.3, 0.4) is 0 Å². The number of carbonyl (C=O) groups is 1. The molecule has 22 heavy (non-hydrogen) atoms. The van der Waals surface area contributed by atoms with Crippen LogP contribution in [0.5, 0.6) is 11.5 Å². The highest BCUT2D eigenvalue weighted by atomic mass is 35.5. The van der Waals surface area contributed by atoms with E-state index in [1.165, 1.54) is 0 Å². The van der Waals surface area contributed by atoms with E-state index in [-0.39, 0.29) is 5.70 Å². The van der Waals surface area contributed by atoms with Gasteiger partial charge in [-0.1, -0.05) is 24.9 Å². The summed E-state index contributed by atoms with van der Waals surface area (Å²) in [5, 5.41) is 0.425. The first-order valence-electron chi connectivity index (χ1n) is 7.04. The van der Waals surface area contributed by atoms with Crippen molar-refractivity contribution in [1.29, 1.82) is 0 Å². The quantitative estimate of drug-likeness (QED) is 0.453. The highest BCUT2D eigenvalue weighted by molar-refractivity contribution is 6.32. The van der Waals surface area contributed by atoms with E-state index in [0.717, 1.165) is 12.8 Å². The fourth-order valence-corrected chi connectivity index (χ4v) is 2.23. The Morgan fingerprint density at radius 3 is 2.77 bits per heavy atom. The van der Waals surface area contributed by atoms with Crippen LogP contribution >= 0.6 is 11.6 Å². The second-order valence-corrected chi connectivity index (χ2v) is 5.19. The van der Waals surface area contributed by atoms with E-state index >= 15 is 0 Å². The number of hydrogen-bond acceptors (Lipinski definition) is 5. The summed E-state index contributed by atoms with van der Waals surface area (Å²) in [4.78, 5) is 15.6. The average molecular weight is 324 g/mol. The number of benzene rings is 1. The molecule has 0 fully saturated rings. The van der Waals surface area contributed by atoms with Crippen LogP contribution in [-0.4, -0.2) is 25.6 Å². The molecule has 0 aromatic heterocycles. The summed E-state index contributed by atoms with van der Waals surface area (Å²) in [7, 11) is 1.54. The molecule has 0 unspecified atom stereocenters. The molecule has 2 rings (SSSR count). The van der Waals surface area contributed by atoms with Crippen molar-refractivity contribution in [3.63, 3.8) is 0 Å². The molecule has 5 nitrogen and oxygen atoms in total. The maximum Gasteiger partial charge on any atom is 0.363 e. The zero-order chi connectivity index (χ0) is 16.1. The van der Waals surface area contributed by atoms with Crippen LogP contribution < -0.4 is 9.47 Å². The van der Waals surface area contributed by atoms with E-state index in [1.807, 2.05) is 0 Å². The van der Waals surface area contributed by atoms with Crippen LogP contribution in [0, 0.1) is 0 Å². The number of halogens is 1. The van der Waals surface area contributed by atoms with Gasteiger partial charge in [0, 0.05) is 6.92 Å². The van der Waals surface area contributed by atoms with Crippen LogP contribution in [0.2, 0.25) is 5.02 Å². The van der Waals surface area contributed by atoms with E-state index in [4.69, 9.17) is 25.8 Å². The lowest BCUT2D eigenvalue weighted by Crippen LogP contribution is -2.01. The molecule has 1 aromatic carbocycles. The Labute approximate surface area is 134 Å². The van der Waals surface area contributed by atoms with Crippen LogP contribution in [0.15, 0.2) is 22.8 Å². The van der Waals surface area contributed by atoms with Crippen LogP contribution in [0.25, 0.3) is 6.08 Å². The van der Waals surface area contributed by atoms with Crippen molar-refractivity contribution >= 4 is 29.5 Å². The molecule has 118 valence electrons. The van der Waals surface area contributed by atoms with Gasteiger partial charge in [0.2, 0.25) is 0 Å². The van der Waals surface area contributed by atoms with E-state index < -0.39 is 5.97 Å². The van der Waals surface area contributed by atoms with Gasteiger partial charge < -0.3 is 14.2 Å². The summed E-state index contributed by atoms with van der Waals surface area (Å²) in [5.74, 6) is 0.876. The van der Waals surface area contributed by atoms with Crippen molar-refractivity contribution in [2.24, 2.45) is 4.99 Å². The third-order valence-corrected chi connectivity index (χ3v) is 3.31. The molecule has 0 atom stereocenters. The van der Waals surface area contributed by atoms with Gasteiger partial charge in [-0.25, -0.2) is 9.79 Å². The Hall–Kier alpha value is -2.01. The molecule has 0 spiro atoms. The molecule has 1 aliphatic heterocycles. The van der Waals surface area contributed by atoms with Crippen molar-refractivity contribution in [2.45, 2.75) is 26.7 Å². The second-order valence-electron chi connectivity index (χ2n) is 4.79. The minimum atomic E-state index is -0.476. The number of unbranched alkanes of at least 4 members (excludes halogenated alkanes) is 1. The number of rotatable bonds is 6. The third kappa shape index (κ3) is 3.80. The van der Waals surface area contributed by atoms with E-state index in [0.29, 0.717) is 34.6 Å². The van der Waals surface area contributed by atoms with Crippen molar-refractivity contribution < 1.29 is 19.0 Å². The first kappa shape index (κ1) is 16.4. The van der Waals surface area contributed by atoms with Crippen molar-refractivity contribution in [3.8, 4) is 11.5 Å². The number of cyclic esters (lactones) is 1. The number of methoxy groups -OCH3 is 1. The van der Waals surface area contributed by atoms with Gasteiger partial charge >= 0.3 is 5.97 Å². The minimum Gasteiger partial charge on any atom is -0.493 e. The maximum atomic E-state index is 11.6. The number of hydrogen-bond donors (Lipinski definition) is 0. The second kappa shape index (κ2) is 7.31. The predicted octanol–water partition coefficient (Wildman–Crippen LogP) is 3.84. The summed E-state index contributed by atoms with van der Waals surface area (Å²) in [6, 6.07) is 3.45. The normalized spacial score (nSPS) is 15.7. The highest BCUT2D eigenvalue weighted by Gasteiger charge is 2.20. The Kier molecular flexibility index (Phi) is 5.44. The molecular weight excluding hydrogens is 306 g/mol. The van der Waals surface area contributed by atoms with Crippen molar-refractivity contribution in [3.05, 3.63) is 28.4 Å². The van der Waals surface area contributed by atoms with Gasteiger partial charge in [0.25, 0.3) is 0 Å². The molecule has 1 aliphatic rings. The van der Waals surface area contributed by atoms with Gasteiger partial charge in [-0.05, 0) is 30.2 Å². The lowest BCUT2D eigenvalue weighted by molar-refractivity contribution is -0.130. The first-order valence-corrected chi connectivity index (χ1v) is 7.42. The van der Waals surface area contributed by atoms with Gasteiger partial charge in [-0.2, -0.15) is 0 Å². The lowest BCUT2D eigenvalue weighted by Gasteiger charge is -2.13. The van der Waals surface area contributed by atoms with Gasteiger partial charge in [0.1, 0.15) is 0 Å². The molecular formula is C16H18ClNO4. The van der Waals surface area contributed by atoms with Crippen LogP contribution in [-0.2, 0) is 9.53 Å². The lowest BCUT2D eigenvalue weighted by atomic mass is 10.1. The molecule has 0 saturated carbocycles. The number of esters is 1. The van der Waals surface area contributed by atoms with E-state index in [9.17, 15) is 4.79 Å². The molecule has 0 N–H and O–H groups in total. The Morgan fingerprint density at radius 1 is 1.41 bits per heavy atom. The number of carbonyl (C=O) groups excluding carboxylic acids is 1. The van der Waals surface area contributed by atoms with Gasteiger partial charge in [0.15, 0.2) is 23.1 Å². The third-order valence-electron chi connectivity index (χ3n) is 3.03. The summed E-state index contributed by atoms with van der Waals surface area (Å²) in [5.41, 5.74) is 0.922.